The fourth-order valence-electron chi connectivity index (χ4n) is 4.31. The molecule has 2 aromatic heterocycles. The summed E-state index contributed by atoms with van der Waals surface area (Å²) in [6.45, 7) is 2.48. The van der Waals surface area contributed by atoms with Crippen molar-refractivity contribution in [1.82, 2.24) is 9.88 Å². The van der Waals surface area contributed by atoms with Crippen LogP contribution in [0.25, 0.3) is 21.9 Å². The summed E-state index contributed by atoms with van der Waals surface area (Å²) in [6, 6.07) is 16.0. The minimum atomic E-state index is -0.684. The number of aliphatic hydroxyl groups excluding tert-OH is 1. The van der Waals surface area contributed by atoms with Gasteiger partial charge in [0.15, 0.2) is 11.5 Å². The predicted octanol–water partition coefficient (Wildman–Crippen LogP) is 5.29. The molecule has 2 N–H and O–H groups in total. The van der Waals surface area contributed by atoms with Crippen LogP contribution in [0.1, 0.15) is 41.9 Å². The number of nitrogens with zero attached hydrogens (tertiary/aromatic N) is 1. The van der Waals surface area contributed by atoms with Crippen LogP contribution in [-0.4, -0.2) is 33.2 Å². The molecule has 0 fully saturated rings. The van der Waals surface area contributed by atoms with Crippen LogP contribution in [-0.2, 0) is 4.79 Å². The highest BCUT2D eigenvalue weighted by atomic mass is 16.3. The minimum Gasteiger partial charge on any atom is -0.503 e. The Kier molecular flexibility index (Phi) is 4.62. The molecule has 156 valence electrons. The van der Waals surface area contributed by atoms with Crippen molar-refractivity contribution in [2.24, 2.45) is 0 Å². The zero-order valence-electron chi connectivity index (χ0n) is 17.1. The Morgan fingerprint density at radius 2 is 1.94 bits per heavy atom. The Hall–Kier alpha value is -3.80. The molecule has 3 heterocycles. The molecule has 1 amide bonds. The number of furan rings is 1. The van der Waals surface area contributed by atoms with Gasteiger partial charge in [0.25, 0.3) is 5.91 Å². The number of carbonyl (C=O) groups is 2. The summed E-state index contributed by atoms with van der Waals surface area (Å²) < 4.78 is 5.76. The zero-order chi connectivity index (χ0) is 21.5. The Morgan fingerprint density at radius 1 is 1.16 bits per heavy atom. The molecule has 1 atom stereocenters. The molecule has 1 unspecified atom stereocenters. The van der Waals surface area contributed by atoms with Gasteiger partial charge < -0.3 is 19.4 Å². The van der Waals surface area contributed by atoms with Gasteiger partial charge in [-0.2, -0.15) is 0 Å². The number of hydrogen-bond acceptors (Lipinski definition) is 4. The van der Waals surface area contributed by atoms with E-state index in [1.54, 1.807) is 17.0 Å². The Bertz CT molecular complexity index is 1310. The molecular weight excluding hydrogens is 392 g/mol. The fourth-order valence-corrected chi connectivity index (χ4v) is 4.31. The highest BCUT2D eigenvalue weighted by Crippen LogP contribution is 2.42. The molecule has 2 aromatic carbocycles. The van der Waals surface area contributed by atoms with Crippen LogP contribution in [0.5, 0.6) is 0 Å². The fraction of sp³-hybridized carbons (Fsp3) is 0.200. The van der Waals surface area contributed by atoms with E-state index in [9.17, 15) is 14.7 Å². The number of benzene rings is 2. The number of unbranched alkanes of at least 4 members (excludes halogenated alkanes) is 1. The molecule has 0 saturated heterocycles. The number of hydrogen-bond donors (Lipinski definition) is 2. The standard InChI is InChI=1S/C25H22N2O4/c1-2-3-12-27-22(17-14-26-18-10-6-5-9-16(17)18)21(24(29)25(27)30)23(28)20-13-15-8-4-7-11-19(15)31-20/h4-11,13-14,22,26,29H,2-3,12H2,1H3. The van der Waals surface area contributed by atoms with Gasteiger partial charge in [0.1, 0.15) is 5.58 Å². The molecule has 31 heavy (non-hydrogen) atoms. The third-order valence-corrected chi connectivity index (χ3v) is 5.87. The van der Waals surface area contributed by atoms with Gasteiger partial charge in [-0.1, -0.05) is 49.7 Å². The number of nitrogens with one attached hydrogen (secondary N) is 1. The van der Waals surface area contributed by atoms with Crippen molar-refractivity contribution in [2.45, 2.75) is 25.8 Å². The van der Waals surface area contributed by atoms with E-state index in [1.165, 1.54) is 0 Å². The first-order valence-electron chi connectivity index (χ1n) is 10.4. The first kappa shape index (κ1) is 19.2. The first-order valence-corrected chi connectivity index (χ1v) is 10.4. The van der Waals surface area contributed by atoms with E-state index < -0.39 is 23.5 Å². The van der Waals surface area contributed by atoms with Crippen LogP contribution in [0.15, 0.2) is 76.5 Å². The molecule has 6 heteroatoms. The molecule has 0 radical (unpaired) electrons. The number of amides is 1. The van der Waals surface area contributed by atoms with Crippen molar-refractivity contribution in [3.8, 4) is 0 Å². The SMILES string of the molecule is CCCCN1C(=O)C(O)=C(C(=O)c2cc3ccccc3o2)C1c1c[nH]c2ccccc12. The van der Waals surface area contributed by atoms with Crippen LogP contribution in [0, 0.1) is 0 Å². The molecule has 4 aromatic rings. The molecule has 0 spiro atoms. The molecule has 0 aliphatic carbocycles. The first-order chi connectivity index (χ1) is 15.1. The topological polar surface area (TPSA) is 86.5 Å². The van der Waals surface area contributed by atoms with Crippen LogP contribution >= 0.6 is 0 Å². The summed E-state index contributed by atoms with van der Waals surface area (Å²) in [5.74, 6) is -1.39. The molecular formula is C25H22N2O4. The van der Waals surface area contributed by atoms with E-state index in [0.29, 0.717) is 12.1 Å². The number of aromatic amines is 1. The van der Waals surface area contributed by atoms with E-state index in [-0.39, 0.29) is 11.3 Å². The van der Waals surface area contributed by atoms with E-state index in [0.717, 1.165) is 34.7 Å². The predicted molar refractivity (Wildman–Crippen MR) is 118 cm³/mol. The van der Waals surface area contributed by atoms with Crippen LogP contribution in [0.4, 0.5) is 0 Å². The van der Waals surface area contributed by atoms with Crippen molar-refractivity contribution in [2.75, 3.05) is 6.54 Å². The Morgan fingerprint density at radius 3 is 2.74 bits per heavy atom. The van der Waals surface area contributed by atoms with E-state index in [2.05, 4.69) is 4.98 Å². The van der Waals surface area contributed by atoms with Crippen LogP contribution in [0.3, 0.4) is 0 Å². The van der Waals surface area contributed by atoms with Crippen molar-refractivity contribution in [3.63, 3.8) is 0 Å². The second-order valence-corrected chi connectivity index (χ2v) is 7.78. The van der Waals surface area contributed by atoms with Crippen molar-refractivity contribution in [3.05, 3.63) is 83.5 Å². The second kappa shape index (κ2) is 7.47. The molecule has 6 nitrogen and oxygen atoms in total. The number of Topliss-reactive ketones (excluding diaryl/α,β-unsaturated/α-hetero) is 1. The summed E-state index contributed by atoms with van der Waals surface area (Å²) >= 11 is 0. The smallest absolute Gasteiger partial charge is 0.290 e. The minimum absolute atomic E-state index is 0.0601. The Balaban J connectivity index is 1.65. The normalized spacial score (nSPS) is 16.7. The molecule has 5 rings (SSSR count). The zero-order valence-corrected chi connectivity index (χ0v) is 17.1. The van der Waals surface area contributed by atoms with Crippen molar-refractivity contribution >= 4 is 33.6 Å². The van der Waals surface area contributed by atoms with Gasteiger partial charge in [0, 0.05) is 34.6 Å². The van der Waals surface area contributed by atoms with Crippen LogP contribution < -0.4 is 0 Å². The largest absolute Gasteiger partial charge is 0.503 e. The number of aromatic nitrogens is 1. The third kappa shape index (κ3) is 3.03. The average molecular weight is 414 g/mol. The van der Waals surface area contributed by atoms with E-state index >= 15 is 0 Å². The second-order valence-electron chi connectivity index (χ2n) is 7.78. The maximum Gasteiger partial charge on any atom is 0.290 e. The summed E-state index contributed by atoms with van der Waals surface area (Å²) in [7, 11) is 0. The molecule has 1 aliphatic heterocycles. The monoisotopic (exact) mass is 414 g/mol. The number of fused-ring (bicyclic) bond motifs is 2. The molecule has 0 bridgehead atoms. The number of carbonyl (C=O) groups excluding carboxylic acids is 2. The van der Waals surface area contributed by atoms with Gasteiger partial charge in [0.05, 0.1) is 11.6 Å². The maximum atomic E-state index is 13.5. The lowest BCUT2D eigenvalue weighted by Gasteiger charge is -2.26. The third-order valence-electron chi connectivity index (χ3n) is 5.87. The average Bonchev–Trinajstić information content (AvgIpc) is 3.47. The molecule has 1 aliphatic rings. The highest BCUT2D eigenvalue weighted by molar-refractivity contribution is 6.16. The highest BCUT2D eigenvalue weighted by Gasteiger charge is 2.45. The van der Waals surface area contributed by atoms with Gasteiger partial charge in [-0.3, -0.25) is 9.59 Å². The van der Waals surface area contributed by atoms with Gasteiger partial charge in [-0.05, 0) is 24.6 Å². The van der Waals surface area contributed by atoms with E-state index in [4.69, 9.17) is 4.42 Å². The van der Waals surface area contributed by atoms with Gasteiger partial charge in [0.2, 0.25) is 5.78 Å². The molecule has 0 saturated carbocycles. The summed E-state index contributed by atoms with van der Waals surface area (Å²) in [5, 5.41) is 12.5. The van der Waals surface area contributed by atoms with Crippen LogP contribution in [0.2, 0.25) is 0 Å². The number of para-hydroxylation sites is 2. The Labute approximate surface area is 178 Å². The summed E-state index contributed by atoms with van der Waals surface area (Å²) in [6.07, 6.45) is 3.47. The van der Waals surface area contributed by atoms with Crippen molar-refractivity contribution < 1.29 is 19.1 Å². The summed E-state index contributed by atoms with van der Waals surface area (Å²) in [5.41, 5.74) is 2.33. The van der Waals surface area contributed by atoms with Crippen molar-refractivity contribution in [1.29, 1.82) is 0 Å². The quantitative estimate of drug-likeness (QED) is 0.420. The lowest BCUT2D eigenvalue weighted by atomic mass is 9.94. The summed E-state index contributed by atoms with van der Waals surface area (Å²) in [4.78, 5) is 31.3. The number of rotatable bonds is 6. The van der Waals surface area contributed by atoms with E-state index in [1.807, 2.05) is 55.6 Å². The lowest BCUT2D eigenvalue weighted by molar-refractivity contribution is -0.129. The number of ketones is 1. The maximum absolute atomic E-state index is 13.5. The number of H-pyrrole nitrogens is 1. The number of aliphatic hydroxyl groups is 1. The van der Waals surface area contributed by atoms with Gasteiger partial charge in [-0.15, -0.1) is 0 Å². The van der Waals surface area contributed by atoms with Gasteiger partial charge in [-0.25, -0.2) is 0 Å². The van der Waals surface area contributed by atoms with Gasteiger partial charge >= 0.3 is 0 Å². The lowest BCUT2D eigenvalue weighted by Crippen LogP contribution is -2.32.